The summed E-state index contributed by atoms with van der Waals surface area (Å²) in [5.41, 5.74) is 2.12. The van der Waals surface area contributed by atoms with Gasteiger partial charge < -0.3 is 5.11 Å². The van der Waals surface area contributed by atoms with E-state index in [4.69, 9.17) is 10.9 Å². The average molecular weight is 187 g/mol. The molecule has 1 amide bonds. The maximum atomic E-state index is 11.2. The van der Waals surface area contributed by atoms with E-state index in [2.05, 4.69) is 5.43 Å². The van der Waals surface area contributed by atoms with Gasteiger partial charge in [-0.2, -0.15) is 0 Å². The smallest absolute Gasteiger partial charge is 0.250 e. The van der Waals surface area contributed by atoms with E-state index in [0.717, 1.165) is 19.4 Å². The molecule has 0 radical (unpaired) electrons. The summed E-state index contributed by atoms with van der Waals surface area (Å²) in [7, 11) is 0. The van der Waals surface area contributed by atoms with Crippen molar-refractivity contribution < 1.29 is 9.90 Å². The van der Waals surface area contributed by atoms with E-state index in [9.17, 15) is 4.79 Å². The predicted molar refractivity (Wildman–Crippen MR) is 48.6 cm³/mol. The first-order valence-corrected chi connectivity index (χ1v) is 4.57. The molecular weight excluding hydrogens is 170 g/mol. The Morgan fingerprint density at radius 2 is 2.54 bits per heavy atom. The van der Waals surface area contributed by atoms with Gasteiger partial charge in [0.15, 0.2) is 0 Å². The summed E-state index contributed by atoms with van der Waals surface area (Å²) < 4.78 is 0. The number of nitrogens with zero attached hydrogens (tertiary/aromatic N) is 1. The number of carbonyl (C=O) groups is 1. The van der Waals surface area contributed by atoms with Gasteiger partial charge >= 0.3 is 0 Å². The predicted octanol–water partition coefficient (Wildman–Crippen LogP) is -1.18. The Morgan fingerprint density at radius 3 is 3.08 bits per heavy atom. The van der Waals surface area contributed by atoms with E-state index >= 15 is 0 Å². The molecule has 0 aromatic heterocycles. The number of hydrogen-bond acceptors (Lipinski definition) is 4. The molecule has 1 heterocycles. The van der Waals surface area contributed by atoms with Gasteiger partial charge in [-0.05, 0) is 26.3 Å². The fraction of sp³-hybridized carbons (Fsp3) is 0.875. The van der Waals surface area contributed by atoms with Crippen LogP contribution in [0.15, 0.2) is 0 Å². The molecule has 0 aromatic rings. The van der Waals surface area contributed by atoms with Gasteiger partial charge in [0.1, 0.15) is 0 Å². The van der Waals surface area contributed by atoms with Gasteiger partial charge in [0.05, 0.1) is 12.6 Å². The first kappa shape index (κ1) is 10.4. The number of hydrogen-bond donors (Lipinski definition) is 3. The minimum atomic E-state index is -0.246. The van der Waals surface area contributed by atoms with Gasteiger partial charge in [-0.25, -0.2) is 5.84 Å². The first-order chi connectivity index (χ1) is 6.20. The number of aliphatic hydroxyl groups is 1. The number of hydrazine groups is 1. The fourth-order valence-electron chi connectivity index (χ4n) is 1.84. The second kappa shape index (κ2) is 4.55. The highest BCUT2D eigenvalue weighted by Crippen LogP contribution is 2.19. The normalized spacial score (nSPS) is 25.9. The van der Waals surface area contributed by atoms with Crippen LogP contribution in [0.4, 0.5) is 0 Å². The summed E-state index contributed by atoms with van der Waals surface area (Å²) in [6.45, 7) is 2.78. The number of amides is 1. The molecule has 5 nitrogen and oxygen atoms in total. The van der Waals surface area contributed by atoms with Crippen molar-refractivity contribution in [2.75, 3.05) is 13.2 Å². The molecule has 0 bridgehead atoms. The van der Waals surface area contributed by atoms with Crippen LogP contribution in [-0.4, -0.2) is 41.1 Å². The summed E-state index contributed by atoms with van der Waals surface area (Å²) in [4.78, 5) is 13.2. The van der Waals surface area contributed by atoms with Crippen LogP contribution in [0.2, 0.25) is 0 Å². The highest BCUT2D eigenvalue weighted by Gasteiger charge is 2.30. The minimum Gasteiger partial charge on any atom is -0.395 e. The van der Waals surface area contributed by atoms with E-state index in [-0.39, 0.29) is 24.6 Å². The summed E-state index contributed by atoms with van der Waals surface area (Å²) in [5, 5.41) is 9.04. The molecule has 76 valence electrons. The number of carbonyl (C=O) groups excluding carboxylic acids is 1. The number of nitrogens with two attached hydrogens (primary N) is 1. The number of aliphatic hydroxyl groups excluding tert-OH is 1. The zero-order valence-electron chi connectivity index (χ0n) is 7.86. The van der Waals surface area contributed by atoms with Crippen LogP contribution in [0.3, 0.4) is 0 Å². The van der Waals surface area contributed by atoms with Crippen molar-refractivity contribution in [2.45, 2.75) is 31.8 Å². The second-order valence-corrected chi connectivity index (χ2v) is 3.40. The Hall–Kier alpha value is -0.650. The molecule has 1 saturated heterocycles. The SMILES string of the molecule is CC(C(=O)NN)N1CCC[C@@H]1CO. The summed E-state index contributed by atoms with van der Waals surface area (Å²) in [5.74, 6) is 4.84. The van der Waals surface area contributed by atoms with Crippen molar-refractivity contribution in [2.24, 2.45) is 5.84 Å². The monoisotopic (exact) mass is 187 g/mol. The highest BCUT2D eigenvalue weighted by molar-refractivity contribution is 5.80. The Kier molecular flexibility index (Phi) is 3.65. The molecule has 1 aliphatic rings. The average Bonchev–Trinajstić information content (AvgIpc) is 2.62. The van der Waals surface area contributed by atoms with E-state index in [1.54, 1.807) is 6.92 Å². The summed E-state index contributed by atoms with van der Waals surface area (Å²) in [6.07, 6.45) is 1.99. The molecule has 1 fully saturated rings. The number of likely N-dealkylation sites (tertiary alicyclic amines) is 1. The van der Waals surface area contributed by atoms with E-state index in [0.29, 0.717) is 0 Å². The maximum Gasteiger partial charge on any atom is 0.250 e. The standard InChI is InChI=1S/C8H17N3O2/c1-6(8(13)10-9)11-4-2-3-7(11)5-12/h6-7,12H,2-5,9H2,1H3,(H,10,13)/t6?,7-/m1/s1. The van der Waals surface area contributed by atoms with Crippen LogP contribution in [0.25, 0.3) is 0 Å². The molecule has 0 aliphatic carbocycles. The third kappa shape index (κ3) is 2.18. The van der Waals surface area contributed by atoms with Gasteiger partial charge in [0.2, 0.25) is 0 Å². The Labute approximate surface area is 77.9 Å². The fourth-order valence-corrected chi connectivity index (χ4v) is 1.84. The van der Waals surface area contributed by atoms with Crippen LogP contribution in [0.5, 0.6) is 0 Å². The van der Waals surface area contributed by atoms with Gasteiger partial charge in [0.25, 0.3) is 5.91 Å². The molecule has 0 aromatic carbocycles. The molecule has 1 unspecified atom stereocenters. The molecule has 1 aliphatic heterocycles. The first-order valence-electron chi connectivity index (χ1n) is 4.57. The topological polar surface area (TPSA) is 78.6 Å². The third-order valence-corrected chi connectivity index (χ3v) is 2.65. The van der Waals surface area contributed by atoms with Gasteiger partial charge in [-0.15, -0.1) is 0 Å². The Bertz CT molecular complexity index is 186. The Morgan fingerprint density at radius 1 is 1.85 bits per heavy atom. The van der Waals surface area contributed by atoms with Crippen LogP contribution >= 0.6 is 0 Å². The van der Waals surface area contributed by atoms with Crippen LogP contribution in [-0.2, 0) is 4.79 Å². The number of rotatable bonds is 3. The molecule has 0 spiro atoms. The molecule has 5 heteroatoms. The van der Waals surface area contributed by atoms with Crippen LogP contribution in [0, 0.1) is 0 Å². The maximum absolute atomic E-state index is 11.2. The molecular formula is C8H17N3O2. The second-order valence-electron chi connectivity index (χ2n) is 3.40. The van der Waals surface area contributed by atoms with Crippen molar-refractivity contribution in [3.8, 4) is 0 Å². The lowest BCUT2D eigenvalue weighted by Crippen LogP contribution is -2.49. The lowest BCUT2D eigenvalue weighted by molar-refractivity contribution is -0.126. The van der Waals surface area contributed by atoms with E-state index in [1.807, 2.05) is 4.90 Å². The van der Waals surface area contributed by atoms with Gasteiger partial charge in [-0.1, -0.05) is 0 Å². The Balaban J connectivity index is 2.54. The van der Waals surface area contributed by atoms with Crippen molar-refractivity contribution in [3.05, 3.63) is 0 Å². The zero-order chi connectivity index (χ0) is 9.84. The lowest BCUT2D eigenvalue weighted by Gasteiger charge is -2.27. The lowest BCUT2D eigenvalue weighted by atomic mass is 10.2. The van der Waals surface area contributed by atoms with E-state index in [1.165, 1.54) is 0 Å². The van der Waals surface area contributed by atoms with Crippen molar-refractivity contribution in [1.29, 1.82) is 0 Å². The van der Waals surface area contributed by atoms with Gasteiger partial charge in [0, 0.05) is 6.04 Å². The highest BCUT2D eigenvalue weighted by atomic mass is 16.3. The summed E-state index contributed by atoms with van der Waals surface area (Å²) in [6, 6.07) is -0.128. The number of nitrogens with one attached hydrogen (secondary N) is 1. The molecule has 2 atom stereocenters. The van der Waals surface area contributed by atoms with Crippen molar-refractivity contribution in [1.82, 2.24) is 10.3 Å². The molecule has 13 heavy (non-hydrogen) atoms. The third-order valence-electron chi connectivity index (χ3n) is 2.65. The van der Waals surface area contributed by atoms with Crippen molar-refractivity contribution in [3.63, 3.8) is 0 Å². The largest absolute Gasteiger partial charge is 0.395 e. The van der Waals surface area contributed by atoms with Crippen molar-refractivity contribution >= 4 is 5.91 Å². The van der Waals surface area contributed by atoms with Crippen LogP contribution < -0.4 is 11.3 Å². The quantitative estimate of drug-likeness (QED) is 0.295. The summed E-state index contributed by atoms with van der Waals surface area (Å²) >= 11 is 0. The minimum absolute atomic E-state index is 0.113. The zero-order valence-corrected chi connectivity index (χ0v) is 7.86. The van der Waals surface area contributed by atoms with Gasteiger partial charge in [-0.3, -0.25) is 15.1 Å². The van der Waals surface area contributed by atoms with E-state index < -0.39 is 0 Å². The van der Waals surface area contributed by atoms with Crippen LogP contribution in [0.1, 0.15) is 19.8 Å². The molecule has 4 N–H and O–H groups in total. The molecule has 1 rings (SSSR count). The molecule has 0 saturated carbocycles.